The lowest BCUT2D eigenvalue weighted by Crippen LogP contribution is -1.83. The van der Waals surface area contributed by atoms with Crippen LogP contribution in [0.2, 0.25) is 0 Å². The van der Waals surface area contributed by atoms with Crippen molar-refractivity contribution in [2.75, 3.05) is 7.11 Å². The molecule has 0 aliphatic heterocycles. The van der Waals surface area contributed by atoms with Gasteiger partial charge in [-0.05, 0) is 34.5 Å². The molecule has 3 aromatic rings. The molecular formula is C15H13BrN2O. The smallest absolute Gasteiger partial charge is 0.138 e. The van der Waals surface area contributed by atoms with Crippen molar-refractivity contribution < 1.29 is 4.74 Å². The van der Waals surface area contributed by atoms with Gasteiger partial charge in [0.2, 0.25) is 0 Å². The van der Waals surface area contributed by atoms with E-state index in [4.69, 9.17) is 4.74 Å². The molecule has 0 radical (unpaired) electrons. The molecular weight excluding hydrogens is 304 g/mol. The van der Waals surface area contributed by atoms with E-state index in [0.717, 1.165) is 32.6 Å². The van der Waals surface area contributed by atoms with Gasteiger partial charge in [-0.1, -0.05) is 24.3 Å². The van der Waals surface area contributed by atoms with Crippen LogP contribution in [-0.4, -0.2) is 17.1 Å². The van der Waals surface area contributed by atoms with Gasteiger partial charge in [0.15, 0.2) is 0 Å². The zero-order valence-electron chi connectivity index (χ0n) is 10.7. The number of aromatic nitrogens is 2. The van der Waals surface area contributed by atoms with Gasteiger partial charge in [-0.3, -0.25) is 0 Å². The monoisotopic (exact) mass is 316 g/mol. The summed E-state index contributed by atoms with van der Waals surface area (Å²) in [6.07, 6.45) is 0. The fourth-order valence-electron chi connectivity index (χ4n) is 2.13. The van der Waals surface area contributed by atoms with E-state index < -0.39 is 0 Å². The van der Waals surface area contributed by atoms with Gasteiger partial charge in [0.1, 0.15) is 17.1 Å². The summed E-state index contributed by atoms with van der Waals surface area (Å²) in [5.41, 5.74) is 4.19. The predicted molar refractivity (Wildman–Crippen MR) is 80.5 cm³/mol. The Morgan fingerprint density at radius 3 is 2.74 bits per heavy atom. The summed E-state index contributed by atoms with van der Waals surface area (Å²) in [6, 6.07) is 12.1. The average molecular weight is 317 g/mol. The van der Waals surface area contributed by atoms with Crippen LogP contribution in [0.1, 0.15) is 5.56 Å². The Morgan fingerprint density at radius 2 is 2.00 bits per heavy atom. The number of ether oxygens (including phenoxy) is 1. The molecule has 0 amide bonds. The summed E-state index contributed by atoms with van der Waals surface area (Å²) in [5.74, 6) is 1.68. The molecule has 1 heterocycles. The Balaban J connectivity index is 2.22. The zero-order valence-corrected chi connectivity index (χ0v) is 12.3. The molecule has 0 spiro atoms. The van der Waals surface area contributed by atoms with E-state index in [1.54, 1.807) is 7.11 Å². The number of hydrogen-bond acceptors (Lipinski definition) is 2. The van der Waals surface area contributed by atoms with Gasteiger partial charge in [-0.25, -0.2) is 4.98 Å². The minimum atomic E-state index is 0.805. The topological polar surface area (TPSA) is 37.9 Å². The number of imidazole rings is 1. The molecule has 4 heteroatoms. The van der Waals surface area contributed by atoms with E-state index in [-0.39, 0.29) is 0 Å². The summed E-state index contributed by atoms with van der Waals surface area (Å²) in [7, 11) is 1.66. The number of hydrogen-bond donors (Lipinski definition) is 1. The number of methoxy groups -OCH3 is 1. The van der Waals surface area contributed by atoms with Crippen LogP contribution in [0.15, 0.2) is 40.9 Å². The number of halogens is 1. The molecule has 96 valence electrons. The Hall–Kier alpha value is -1.81. The third kappa shape index (κ3) is 2.12. The van der Waals surface area contributed by atoms with E-state index in [2.05, 4.69) is 45.0 Å². The van der Waals surface area contributed by atoms with Gasteiger partial charge >= 0.3 is 0 Å². The van der Waals surface area contributed by atoms with Gasteiger partial charge in [-0.2, -0.15) is 0 Å². The number of aryl methyl sites for hydroxylation is 1. The standard InChI is InChI=1S/C15H13BrN2O/c1-9-5-3-4-6-11(9)15-17-13-8-10(19-2)7-12(16)14(13)18-15/h3-8H,1-2H3,(H,17,18). The average Bonchev–Trinajstić information content (AvgIpc) is 2.83. The van der Waals surface area contributed by atoms with Crippen molar-refractivity contribution in [3.8, 4) is 17.1 Å². The first kappa shape index (κ1) is 12.2. The van der Waals surface area contributed by atoms with Crippen LogP contribution < -0.4 is 4.74 Å². The van der Waals surface area contributed by atoms with Gasteiger partial charge in [0.05, 0.1) is 12.6 Å². The minimum absolute atomic E-state index is 0.805. The highest BCUT2D eigenvalue weighted by molar-refractivity contribution is 9.10. The Morgan fingerprint density at radius 1 is 1.21 bits per heavy atom. The number of nitrogens with zero attached hydrogens (tertiary/aromatic N) is 1. The summed E-state index contributed by atoms with van der Waals surface area (Å²) in [4.78, 5) is 8.01. The van der Waals surface area contributed by atoms with E-state index in [1.165, 1.54) is 5.56 Å². The molecule has 0 saturated heterocycles. The third-order valence-electron chi connectivity index (χ3n) is 3.15. The van der Waals surface area contributed by atoms with Crippen LogP contribution in [0.25, 0.3) is 22.4 Å². The first-order valence-electron chi connectivity index (χ1n) is 5.98. The quantitative estimate of drug-likeness (QED) is 0.765. The number of nitrogens with one attached hydrogen (secondary N) is 1. The van der Waals surface area contributed by atoms with Crippen molar-refractivity contribution in [3.63, 3.8) is 0 Å². The predicted octanol–water partition coefficient (Wildman–Crippen LogP) is 4.31. The molecule has 0 aliphatic carbocycles. The molecule has 3 rings (SSSR count). The lowest BCUT2D eigenvalue weighted by atomic mass is 10.1. The van der Waals surface area contributed by atoms with Crippen molar-refractivity contribution in [2.24, 2.45) is 0 Å². The maximum atomic E-state index is 5.26. The van der Waals surface area contributed by atoms with E-state index >= 15 is 0 Å². The fraction of sp³-hybridized carbons (Fsp3) is 0.133. The largest absolute Gasteiger partial charge is 0.497 e. The maximum absolute atomic E-state index is 5.26. The van der Waals surface area contributed by atoms with Crippen molar-refractivity contribution in [1.82, 2.24) is 9.97 Å². The number of benzene rings is 2. The molecule has 3 nitrogen and oxygen atoms in total. The van der Waals surface area contributed by atoms with Crippen LogP contribution in [-0.2, 0) is 0 Å². The van der Waals surface area contributed by atoms with Gasteiger partial charge in [0, 0.05) is 16.1 Å². The summed E-state index contributed by atoms with van der Waals surface area (Å²) in [5, 5.41) is 0. The second-order valence-corrected chi connectivity index (χ2v) is 5.26. The molecule has 1 N–H and O–H groups in total. The number of fused-ring (bicyclic) bond motifs is 1. The van der Waals surface area contributed by atoms with E-state index in [1.807, 2.05) is 24.3 Å². The molecule has 0 unspecified atom stereocenters. The van der Waals surface area contributed by atoms with Crippen LogP contribution >= 0.6 is 15.9 Å². The molecule has 2 aromatic carbocycles. The highest BCUT2D eigenvalue weighted by Gasteiger charge is 2.11. The van der Waals surface area contributed by atoms with Crippen LogP contribution in [0, 0.1) is 6.92 Å². The van der Waals surface area contributed by atoms with Crippen molar-refractivity contribution in [3.05, 3.63) is 46.4 Å². The van der Waals surface area contributed by atoms with Gasteiger partial charge in [0.25, 0.3) is 0 Å². The summed E-state index contributed by atoms with van der Waals surface area (Å²) >= 11 is 3.53. The Kier molecular flexibility index (Phi) is 3.03. The molecule has 0 fully saturated rings. The first-order valence-corrected chi connectivity index (χ1v) is 6.77. The molecule has 19 heavy (non-hydrogen) atoms. The molecule has 1 aromatic heterocycles. The Bertz CT molecular complexity index is 749. The first-order chi connectivity index (χ1) is 9.19. The summed E-state index contributed by atoms with van der Waals surface area (Å²) < 4.78 is 6.19. The van der Waals surface area contributed by atoms with Crippen molar-refractivity contribution >= 4 is 27.0 Å². The molecule has 0 atom stereocenters. The third-order valence-corrected chi connectivity index (χ3v) is 3.75. The normalized spacial score (nSPS) is 10.9. The van der Waals surface area contributed by atoms with Crippen LogP contribution in [0.3, 0.4) is 0 Å². The Labute approximate surface area is 119 Å². The van der Waals surface area contributed by atoms with Crippen LogP contribution in [0.5, 0.6) is 5.75 Å². The second-order valence-electron chi connectivity index (χ2n) is 4.41. The van der Waals surface area contributed by atoms with E-state index in [0.29, 0.717) is 0 Å². The van der Waals surface area contributed by atoms with Gasteiger partial charge in [-0.15, -0.1) is 0 Å². The van der Waals surface area contributed by atoms with E-state index in [9.17, 15) is 0 Å². The molecule has 0 bridgehead atoms. The highest BCUT2D eigenvalue weighted by atomic mass is 79.9. The number of H-pyrrole nitrogens is 1. The summed E-state index contributed by atoms with van der Waals surface area (Å²) in [6.45, 7) is 2.08. The number of aromatic amines is 1. The minimum Gasteiger partial charge on any atom is -0.497 e. The second kappa shape index (κ2) is 4.70. The lowest BCUT2D eigenvalue weighted by Gasteiger charge is -2.00. The molecule has 0 saturated carbocycles. The van der Waals surface area contributed by atoms with Crippen molar-refractivity contribution in [2.45, 2.75) is 6.92 Å². The zero-order chi connectivity index (χ0) is 13.4. The highest BCUT2D eigenvalue weighted by Crippen LogP contribution is 2.31. The SMILES string of the molecule is COc1cc(Br)c2nc(-c3ccccc3C)[nH]c2c1. The molecule has 0 aliphatic rings. The lowest BCUT2D eigenvalue weighted by molar-refractivity contribution is 0.415. The maximum Gasteiger partial charge on any atom is 0.138 e. The number of rotatable bonds is 2. The van der Waals surface area contributed by atoms with Crippen LogP contribution in [0.4, 0.5) is 0 Å². The van der Waals surface area contributed by atoms with Crippen molar-refractivity contribution in [1.29, 1.82) is 0 Å². The van der Waals surface area contributed by atoms with Gasteiger partial charge < -0.3 is 9.72 Å². The fourth-order valence-corrected chi connectivity index (χ4v) is 2.66.